The Morgan fingerprint density at radius 2 is 1.64 bits per heavy atom. The van der Waals surface area contributed by atoms with Gasteiger partial charge < -0.3 is 15.5 Å². The molecule has 42 heavy (non-hydrogen) atoms. The molecule has 2 aliphatic heterocycles. The largest absolute Gasteiger partial charge is 0.339 e. The number of benzene rings is 3. The molecule has 1 amide bonds. The van der Waals surface area contributed by atoms with E-state index in [1.54, 1.807) is 0 Å². The van der Waals surface area contributed by atoms with E-state index in [-0.39, 0.29) is 28.8 Å². The number of hydrogen-bond donors (Lipinski definition) is 1. The van der Waals surface area contributed by atoms with Gasteiger partial charge in [-0.15, -0.1) is 28.3 Å². The van der Waals surface area contributed by atoms with Gasteiger partial charge in [-0.3, -0.25) is 9.69 Å². The summed E-state index contributed by atoms with van der Waals surface area (Å²) in [6.45, 7) is 7.19. The fraction of sp³-hybridized carbons (Fsp3) is 0.382. The van der Waals surface area contributed by atoms with Crippen LogP contribution in [0.15, 0.2) is 78.2 Å². The minimum absolute atomic E-state index is 0. The first-order valence-corrected chi connectivity index (χ1v) is 16.1. The van der Waals surface area contributed by atoms with Crippen LogP contribution in [0.25, 0.3) is 21.2 Å². The number of amides is 1. The normalized spacial score (nSPS) is 17.7. The molecule has 3 heterocycles. The highest BCUT2D eigenvalue weighted by atomic mass is 79.9. The highest BCUT2D eigenvalue weighted by Crippen LogP contribution is 2.29. The molecule has 0 unspecified atom stereocenters. The molecule has 2 saturated heterocycles. The minimum atomic E-state index is -0.402. The van der Waals surface area contributed by atoms with E-state index in [0.717, 1.165) is 76.6 Å². The first-order chi connectivity index (χ1) is 20.0. The van der Waals surface area contributed by atoms with Crippen molar-refractivity contribution < 1.29 is 4.79 Å². The summed E-state index contributed by atoms with van der Waals surface area (Å²) in [6.07, 6.45) is 2.89. The van der Waals surface area contributed by atoms with E-state index >= 15 is 0 Å². The number of piperidine rings is 1. The molecule has 1 aromatic heterocycles. The number of rotatable bonds is 8. The lowest BCUT2D eigenvalue weighted by Gasteiger charge is -2.39. The number of piperazine rings is 1. The van der Waals surface area contributed by atoms with Crippen LogP contribution >= 0.6 is 39.9 Å². The van der Waals surface area contributed by atoms with Gasteiger partial charge in [0.15, 0.2) is 0 Å². The highest BCUT2D eigenvalue weighted by Gasteiger charge is 2.32. The molecule has 0 radical (unpaired) electrons. The molecule has 5 nitrogen and oxygen atoms in total. The Morgan fingerprint density at radius 3 is 2.40 bits per heavy atom. The molecular weight excluding hydrogens is 628 g/mol. The van der Waals surface area contributed by atoms with Gasteiger partial charge in [0, 0.05) is 49.0 Å². The van der Waals surface area contributed by atoms with Crippen LogP contribution in [0.5, 0.6) is 0 Å². The predicted octanol–water partition coefficient (Wildman–Crippen LogP) is 6.73. The Balaban J connectivity index is 0.00000353. The quantitative estimate of drug-likeness (QED) is 0.227. The summed E-state index contributed by atoms with van der Waals surface area (Å²) in [4.78, 5) is 20.3. The Morgan fingerprint density at radius 1 is 0.881 bits per heavy atom. The first kappa shape index (κ1) is 31.2. The van der Waals surface area contributed by atoms with Crippen LogP contribution < -0.4 is 5.73 Å². The summed E-state index contributed by atoms with van der Waals surface area (Å²) in [5.41, 5.74) is 11.7. The van der Waals surface area contributed by atoms with Crippen molar-refractivity contribution in [3.63, 3.8) is 0 Å². The van der Waals surface area contributed by atoms with Crippen molar-refractivity contribution in [1.29, 1.82) is 0 Å². The van der Waals surface area contributed by atoms with Gasteiger partial charge in [-0.2, -0.15) is 0 Å². The van der Waals surface area contributed by atoms with Crippen LogP contribution in [0.4, 0.5) is 0 Å². The molecule has 2 fully saturated rings. The molecule has 2 aliphatic rings. The van der Waals surface area contributed by atoms with E-state index in [1.165, 1.54) is 32.3 Å². The predicted molar refractivity (Wildman–Crippen MR) is 182 cm³/mol. The van der Waals surface area contributed by atoms with Gasteiger partial charge in [-0.05, 0) is 89.5 Å². The second-order valence-electron chi connectivity index (χ2n) is 11.5. The van der Waals surface area contributed by atoms with E-state index in [4.69, 9.17) is 17.3 Å². The molecule has 0 aliphatic carbocycles. The Bertz CT molecular complexity index is 1460. The van der Waals surface area contributed by atoms with Crippen molar-refractivity contribution in [3.05, 3.63) is 94.3 Å². The second kappa shape index (κ2) is 14.5. The zero-order chi connectivity index (χ0) is 28.2. The summed E-state index contributed by atoms with van der Waals surface area (Å²) < 4.78 is 1.38. The number of hydrogen-bond acceptors (Lipinski definition) is 5. The number of nitrogens with zero attached hydrogens (tertiary/aromatic N) is 3. The van der Waals surface area contributed by atoms with Gasteiger partial charge in [-0.1, -0.05) is 66.2 Å². The number of carbonyl (C=O) groups excluding carboxylic acids is 1. The standard InChI is InChI=1S/C34H39ClN4OS.BrH/c35-30-9-10-31(25-5-2-1-3-6-25)28(23-30)13-17-37-15-11-26(12-16-37)32(36)34(40)39-20-18-38(19-21-39)24-29-8-4-7-27-14-22-41-33(27)29;/h1-10,14,22-23,26,32H,11-13,15-21,24,36H2;1H/t32-;/m1./s1. The van der Waals surface area contributed by atoms with Crippen LogP contribution in [0.2, 0.25) is 5.02 Å². The van der Waals surface area contributed by atoms with Crippen LogP contribution in [-0.4, -0.2) is 72.5 Å². The van der Waals surface area contributed by atoms with Gasteiger partial charge in [0.1, 0.15) is 0 Å². The second-order valence-corrected chi connectivity index (χ2v) is 12.8. The number of fused-ring (bicyclic) bond motifs is 1. The summed E-state index contributed by atoms with van der Waals surface area (Å²) >= 11 is 8.18. The molecule has 3 aromatic carbocycles. The van der Waals surface area contributed by atoms with Crippen molar-refractivity contribution in [3.8, 4) is 11.1 Å². The zero-order valence-electron chi connectivity index (χ0n) is 24.0. The van der Waals surface area contributed by atoms with Gasteiger partial charge in [0.25, 0.3) is 0 Å². The van der Waals surface area contributed by atoms with Gasteiger partial charge >= 0.3 is 0 Å². The maximum absolute atomic E-state index is 13.4. The first-order valence-electron chi connectivity index (χ1n) is 14.8. The van der Waals surface area contributed by atoms with Crippen molar-refractivity contribution in [2.45, 2.75) is 31.8 Å². The lowest BCUT2D eigenvalue weighted by Crippen LogP contribution is -2.55. The third-order valence-corrected chi connectivity index (χ3v) is 10.2. The lowest BCUT2D eigenvalue weighted by atomic mass is 9.88. The fourth-order valence-corrected chi connectivity index (χ4v) is 7.54. The average Bonchev–Trinajstić information content (AvgIpc) is 3.51. The molecule has 0 spiro atoms. The Hall–Kier alpha value is -2.26. The van der Waals surface area contributed by atoms with E-state index in [9.17, 15) is 4.79 Å². The number of halogens is 2. The average molecular weight is 668 g/mol. The number of nitrogens with two attached hydrogens (primary N) is 1. The molecule has 6 rings (SSSR count). The molecule has 0 bridgehead atoms. The van der Waals surface area contributed by atoms with Crippen LogP contribution in [0.1, 0.15) is 24.0 Å². The molecule has 2 N–H and O–H groups in total. The SMILES string of the molecule is Br.N[C@@H](C(=O)N1CCN(Cc2cccc3ccsc23)CC1)C1CCN(CCc2cc(Cl)ccc2-c2ccccc2)CC1. The molecular formula is C34H40BrClN4OS. The van der Waals surface area contributed by atoms with E-state index < -0.39 is 6.04 Å². The summed E-state index contributed by atoms with van der Waals surface area (Å²) in [7, 11) is 0. The Kier molecular flexibility index (Phi) is 10.7. The third kappa shape index (κ3) is 7.26. The number of likely N-dealkylation sites (tertiary alicyclic amines) is 1. The van der Waals surface area contributed by atoms with Crippen molar-refractivity contribution >= 4 is 55.9 Å². The maximum Gasteiger partial charge on any atom is 0.239 e. The van der Waals surface area contributed by atoms with Crippen LogP contribution in [-0.2, 0) is 17.8 Å². The van der Waals surface area contributed by atoms with Crippen molar-refractivity contribution in [2.75, 3.05) is 45.8 Å². The molecule has 222 valence electrons. The Labute approximate surface area is 269 Å². The van der Waals surface area contributed by atoms with Crippen LogP contribution in [0, 0.1) is 5.92 Å². The van der Waals surface area contributed by atoms with Crippen molar-refractivity contribution in [2.24, 2.45) is 11.7 Å². The van der Waals surface area contributed by atoms with E-state index in [1.807, 2.05) is 28.4 Å². The number of carbonyl (C=O) groups is 1. The maximum atomic E-state index is 13.4. The summed E-state index contributed by atoms with van der Waals surface area (Å²) in [6, 6.07) is 25.1. The van der Waals surface area contributed by atoms with E-state index in [0.29, 0.717) is 0 Å². The molecule has 1 atom stereocenters. The van der Waals surface area contributed by atoms with Crippen molar-refractivity contribution in [1.82, 2.24) is 14.7 Å². The molecule has 0 saturated carbocycles. The summed E-state index contributed by atoms with van der Waals surface area (Å²) in [5, 5.41) is 4.26. The monoisotopic (exact) mass is 666 g/mol. The smallest absolute Gasteiger partial charge is 0.239 e. The lowest BCUT2D eigenvalue weighted by molar-refractivity contribution is -0.136. The zero-order valence-corrected chi connectivity index (χ0v) is 27.2. The third-order valence-electron chi connectivity index (χ3n) is 8.91. The molecule has 4 aromatic rings. The van der Waals surface area contributed by atoms with E-state index in [2.05, 4.69) is 75.8 Å². The van der Waals surface area contributed by atoms with Gasteiger partial charge in [0.05, 0.1) is 6.04 Å². The highest BCUT2D eigenvalue weighted by molar-refractivity contribution is 8.93. The van der Waals surface area contributed by atoms with Gasteiger partial charge in [0.2, 0.25) is 5.91 Å². The summed E-state index contributed by atoms with van der Waals surface area (Å²) in [5.74, 6) is 0.383. The number of thiophene rings is 1. The van der Waals surface area contributed by atoms with Gasteiger partial charge in [-0.25, -0.2) is 0 Å². The topological polar surface area (TPSA) is 52.8 Å². The fourth-order valence-electron chi connectivity index (χ4n) is 6.44. The molecule has 8 heteroatoms. The van der Waals surface area contributed by atoms with Crippen LogP contribution in [0.3, 0.4) is 0 Å². The minimum Gasteiger partial charge on any atom is -0.339 e.